The normalized spacial score (nSPS) is 11.4. The van der Waals surface area contributed by atoms with Crippen molar-refractivity contribution in [3.05, 3.63) is 59.0 Å². The predicted molar refractivity (Wildman–Crippen MR) is 68.1 cm³/mol. The Kier molecular flexibility index (Phi) is 3.93. The van der Waals surface area contributed by atoms with Gasteiger partial charge in [-0.1, -0.05) is 6.07 Å². The van der Waals surface area contributed by atoms with Gasteiger partial charge >= 0.3 is 6.18 Å². The van der Waals surface area contributed by atoms with Crippen LogP contribution in [0.2, 0.25) is 0 Å². The minimum atomic E-state index is -4.64. The van der Waals surface area contributed by atoms with Gasteiger partial charge < -0.3 is 5.73 Å². The Hall–Kier alpha value is -2.44. The van der Waals surface area contributed by atoms with E-state index in [0.717, 1.165) is 0 Å². The lowest BCUT2D eigenvalue weighted by Gasteiger charge is -2.09. The quantitative estimate of drug-likeness (QED) is 0.699. The highest BCUT2D eigenvalue weighted by molar-refractivity contribution is 5.98. The number of nitrogens with zero attached hydrogens (tertiary/aromatic N) is 1. The Morgan fingerprint density at radius 2 is 1.95 bits per heavy atom. The van der Waals surface area contributed by atoms with E-state index in [2.05, 4.69) is 4.98 Å². The molecule has 0 unspecified atom stereocenters. The number of rotatable bonds is 3. The summed E-state index contributed by atoms with van der Waals surface area (Å²) in [5, 5.41) is 0. The summed E-state index contributed by atoms with van der Waals surface area (Å²) in [4.78, 5) is 15.7. The maximum absolute atomic E-state index is 13.6. The maximum Gasteiger partial charge on any atom is 0.416 e. The molecule has 0 amide bonds. The lowest BCUT2D eigenvalue weighted by Crippen LogP contribution is -2.12. The lowest BCUT2D eigenvalue weighted by molar-refractivity contribution is -0.137. The third-order valence-corrected chi connectivity index (χ3v) is 2.87. The van der Waals surface area contributed by atoms with Crippen LogP contribution in [-0.4, -0.2) is 10.8 Å². The van der Waals surface area contributed by atoms with Crippen molar-refractivity contribution in [1.29, 1.82) is 0 Å². The molecule has 2 N–H and O–H groups in total. The van der Waals surface area contributed by atoms with Gasteiger partial charge in [-0.2, -0.15) is 13.2 Å². The van der Waals surface area contributed by atoms with Gasteiger partial charge in [0, 0.05) is 18.2 Å². The smallest absolute Gasteiger partial charge is 0.383 e. The molecular formula is C14H10F4N2O. The van der Waals surface area contributed by atoms with Crippen LogP contribution in [0.15, 0.2) is 36.5 Å². The minimum Gasteiger partial charge on any atom is -0.383 e. The molecule has 0 fully saturated rings. The van der Waals surface area contributed by atoms with Crippen molar-refractivity contribution in [3.8, 4) is 0 Å². The van der Waals surface area contributed by atoms with E-state index >= 15 is 0 Å². The predicted octanol–water partition coefficient (Wildman–Crippen LogP) is 3.25. The van der Waals surface area contributed by atoms with Crippen LogP contribution in [0.5, 0.6) is 0 Å². The van der Waals surface area contributed by atoms with Crippen LogP contribution in [0.4, 0.5) is 23.4 Å². The lowest BCUT2D eigenvalue weighted by atomic mass is 10.0. The van der Waals surface area contributed by atoms with E-state index in [-0.39, 0.29) is 12.2 Å². The average molecular weight is 298 g/mol. The molecule has 2 aromatic rings. The van der Waals surface area contributed by atoms with Crippen molar-refractivity contribution in [2.45, 2.75) is 12.6 Å². The highest BCUT2D eigenvalue weighted by Crippen LogP contribution is 2.30. The van der Waals surface area contributed by atoms with Crippen LogP contribution in [-0.2, 0) is 12.6 Å². The molecule has 0 spiro atoms. The standard InChI is InChI=1S/C14H10F4N2O/c15-11-4-3-9(14(16,17)18)7-10(11)12(21)6-8-2-1-5-20-13(8)19/h1-5,7H,6H2,(H2,19,20). The summed E-state index contributed by atoms with van der Waals surface area (Å²) in [6, 6.07) is 4.75. The van der Waals surface area contributed by atoms with Crippen LogP contribution >= 0.6 is 0 Å². The molecule has 0 aliphatic carbocycles. The molecule has 0 saturated heterocycles. The van der Waals surface area contributed by atoms with Gasteiger partial charge in [0.2, 0.25) is 0 Å². The first-order valence-electron chi connectivity index (χ1n) is 5.88. The number of halogens is 4. The largest absolute Gasteiger partial charge is 0.416 e. The van der Waals surface area contributed by atoms with E-state index in [9.17, 15) is 22.4 Å². The van der Waals surface area contributed by atoms with E-state index in [1.54, 1.807) is 0 Å². The molecule has 1 aromatic carbocycles. The number of aromatic nitrogens is 1. The number of nitrogen functional groups attached to an aromatic ring is 1. The van der Waals surface area contributed by atoms with Gasteiger partial charge in [-0.25, -0.2) is 9.37 Å². The minimum absolute atomic E-state index is 0.0817. The molecule has 1 heterocycles. The third kappa shape index (κ3) is 3.36. The number of alkyl halides is 3. The van der Waals surface area contributed by atoms with Gasteiger partial charge in [-0.15, -0.1) is 0 Å². The molecule has 0 aliphatic rings. The second kappa shape index (κ2) is 5.51. The van der Waals surface area contributed by atoms with Crippen molar-refractivity contribution in [2.24, 2.45) is 0 Å². The summed E-state index contributed by atoms with van der Waals surface area (Å²) in [7, 11) is 0. The molecule has 2 rings (SSSR count). The number of pyridine rings is 1. The summed E-state index contributed by atoms with van der Waals surface area (Å²) in [6.45, 7) is 0. The number of benzene rings is 1. The monoisotopic (exact) mass is 298 g/mol. The molecule has 0 bridgehead atoms. The van der Waals surface area contributed by atoms with Gasteiger partial charge in [0.15, 0.2) is 5.78 Å². The Balaban J connectivity index is 2.33. The molecule has 7 heteroatoms. The molecular weight excluding hydrogens is 288 g/mol. The Labute approximate surface area is 117 Å². The van der Waals surface area contributed by atoms with Crippen molar-refractivity contribution in [1.82, 2.24) is 4.98 Å². The molecule has 3 nitrogen and oxygen atoms in total. The van der Waals surface area contributed by atoms with E-state index < -0.39 is 28.9 Å². The number of carbonyl (C=O) groups excluding carboxylic acids is 1. The van der Waals surface area contributed by atoms with Gasteiger partial charge in [-0.3, -0.25) is 4.79 Å². The van der Waals surface area contributed by atoms with Crippen LogP contribution in [0, 0.1) is 5.82 Å². The Bertz CT molecular complexity index is 683. The summed E-state index contributed by atoms with van der Waals surface area (Å²) in [5.41, 5.74) is 4.18. The molecule has 21 heavy (non-hydrogen) atoms. The zero-order valence-electron chi connectivity index (χ0n) is 10.6. The van der Waals surface area contributed by atoms with Gasteiger partial charge in [-0.05, 0) is 24.3 Å². The fourth-order valence-electron chi connectivity index (χ4n) is 1.78. The molecule has 0 radical (unpaired) electrons. The molecule has 110 valence electrons. The van der Waals surface area contributed by atoms with Crippen molar-refractivity contribution < 1.29 is 22.4 Å². The summed E-state index contributed by atoms with van der Waals surface area (Å²) in [5.74, 6) is -1.72. The zero-order chi connectivity index (χ0) is 15.6. The number of anilines is 1. The van der Waals surface area contributed by atoms with Crippen molar-refractivity contribution in [2.75, 3.05) is 5.73 Å². The van der Waals surface area contributed by atoms with Crippen molar-refractivity contribution in [3.63, 3.8) is 0 Å². The summed E-state index contributed by atoms with van der Waals surface area (Å²) < 4.78 is 51.3. The average Bonchev–Trinajstić information content (AvgIpc) is 2.40. The third-order valence-electron chi connectivity index (χ3n) is 2.87. The second-order valence-electron chi connectivity index (χ2n) is 4.34. The number of ketones is 1. The SMILES string of the molecule is Nc1ncccc1CC(=O)c1cc(C(F)(F)F)ccc1F. The summed E-state index contributed by atoms with van der Waals surface area (Å²) in [6.07, 6.45) is -3.55. The van der Waals surface area contributed by atoms with E-state index in [1.165, 1.54) is 18.3 Å². The van der Waals surface area contributed by atoms with Gasteiger partial charge in [0.05, 0.1) is 11.1 Å². The fourth-order valence-corrected chi connectivity index (χ4v) is 1.78. The highest BCUT2D eigenvalue weighted by Gasteiger charge is 2.31. The first-order chi connectivity index (χ1) is 9.79. The van der Waals surface area contributed by atoms with Crippen LogP contribution in [0.1, 0.15) is 21.5 Å². The highest BCUT2D eigenvalue weighted by atomic mass is 19.4. The number of nitrogens with two attached hydrogens (primary N) is 1. The van der Waals surface area contributed by atoms with E-state index in [0.29, 0.717) is 23.8 Å². The number of Topliss-reactive ketones (excluding diaryl/α,β-unsaturated/α-hetero) is 1. The zero-order valence-corrected chi connectivity index (χ0v) is 10.6. The Morgan fingerprint density at radius 3 is 2.57 bits per heavy atom. The first-order valence-corrected chi connectivity index (χ1v) is 5.88. The van der Waals surface area contributed by atoms with Crippen LogP contribution < -0.4 is 5.73 Å². The number of carbonyl (C=O) groups is 1. The van der Waals surface area contributed by atoms with Gasteiger partial charge in [0.1, 0.15) is 11.6 Å². The van der Waals surface area contributed by atoms with Gasteiger partial charge in [0.25, 0.3) is 0 Å². The topological polar surface area (TPSA) is 56.0 Å². The maximum atomic E-state index is 13.6. The number of hydrogen-bond acceptors (Lipinski definition) is 3. The van der Waals surface area contributed by atoms with Crippen LogP contribution in [0.25, 0.3) is 0 Å². The summed E-state index contributed by atoms with van der Waals surface area (Å²) >= 11 is 0. The Morgan fingerprint density at radius 1 is 1.24 bits per heavy atom. The van der Waals surface area contributed by atoms with Crippen molar-refractivity contribution >= 4 is 11.6 Å². The first kappa shape index (κ1) is 15.0. The fraction of sp³-hybridized carbons (Fsp3) is 0.143. The molecule has 0 atom stereocenters. The second-order valence-corrected chi connectivity index (χ2v) is 4.34. The molecule has 0 aliphatic heterocycles. The van der Waals surface area contributed by atoms with E-state index in [4.69, 9.17) is 5.73 Å². The molecule has 0 saturated carbocycles. The van der Waals surface area contributed by atoms with Crippen LogP contribution in [0.3, 0.4) is 0 Å². The number of hydrogen-bond donors (Lipinski definition) is 1. The van der Waals surface area contributed by atoms with E-state index in [1.807, 2.05) is 0 Å². The molecule has 1 aromatic heterocycles.